The van der Waals surface area contributed by atoms with Crippen molar-refractivity contribution in [2.45, 2.75) is 24.4 Å². The van der Waals surface area contributed by atoms with E-state index in [0.29, 0.717) is 0 Å². The monoisotopic (exact) mass is 338 g/mol. The maximum Gasteiger partial charge on any atom is 0.469 e. The van der Waals surface area contributed by atoms with E-state index in [9.17, 15) is 24.4 Å². The van der Waals surface area contributed by atoms with Crippen molar-refractivity contribution < 1.29 is 33.8 Å². The highest BCUT2D eigenvalue weighted by molar-refractivity contribution is 7.46. The van der Waals surface area contributed by atoms with Crippen molar-refractivity contribution in [1.82, 2.24) is 9.55 Å². The predicted octanol–water partition coefficient (Wildman–Crippen LogP) is -2.66. The summed E-state index contributed by atoms with van der Waals surface area (Å²) in [5.41, 5.74) is -1.49. The summed E-state index contributed by atoms with van der Waals surface area (Å²) in [6.07, 6.45) is -4.50. The number of hydrogen-bond acceptors (Lipinski definition) is 7. The Labute approximate surface area is 123 Å². The van der Waals surface area contributed by atoms with Crippen molar-refractivity contribution in [3.05, 3.63) is 32.6 Å². The Balaban J connectivity index is 2.24. The molecule has 1 aliphatic heterocycles. The molecule has 0 amide bonds. The maximum atomic E-state index is 12.0. The zero-order chi connectivity index (χ0) is 16.7. The Kier molecular flexibility index (Phi) is 4.68. The molecule has 22 heavy (non-hydrogen) atoms. The van der Waals surface area contributed by atoms with E-state index in [4.69, 9.17) is 14.5 Å². The van der Waals surface area contributed by atoms with Crippen LogP contribution < -0.4 is 11.2 Å². The van der Waals surface area contributed by atoms with Gasteiger partial charge in [-0.1, -0.05) is 0 Å². The molecule has 1 aliphatic rings. The molecule has 1 fully saturated rings. The first-order chi connectivity index (χ1) is 10.1. The first-order valence-electron chi connectivity index (χ1n) is 6.12. The molecule has 0 bridgehead atoms. The van der Waals surface area contributed by atoms with Crippen molar-refractivity contribution in [2.24, 2.45) is 7.05 Å². The van der Waals surface area contributed by atoms with Gasteiger partial charge in [-0.05, 0) is 0 Å². The number of nitrogens with one attached hydrogen (secondary N) is 1. The molecule has 0 spiro atoms. The number of aliphatic hydroxyl groups is 2. The Hall–Kier alpha value is -1.33. The van der Waals surface area contributed by atoms with Crippen LogP contribution in [-0.4, -0.2) is 54.5 Å². The zero-order valence-corrected chi connectivity index (χ0v) is 12.2. The van der Waals surface area contributed by atoms with Crippen LogP contribution in [0.3, 0.4) is 0 Å². The molecule has 0 aromatic carbocycles. The number of aromatic nitrogens is 2. The number of H-pyrrole nitrogens is 1. The fraction of sp³-hybridized carbons (Fsp3) is 0.600. The second-order valence-corrected chi connectivity index (χ2v) is 6.02. The summed E-state index contributed by atoms with van der Waals surface area (Å²) in [7, 11) is -3.55. The SMILES string of the molecule is Cn1c(=O)[nH]cc(C2OC(COP(=O)(O)O)[C@@H](O)C2O)c1=O. The molecule has 0 radical (unpaired) electrons. The highest BCUT2D eigenvalue weighted by Crippen LogP contribution is 2.38. The third-order valence-corrected chi connectivity index (χ3v) is 3.77. The van der Waals surface area contributed by atoms with E-state index < -0.39 is 50.1 Å². The average molecular weight is 338 g/mol. The highest BCUT2D eigenvalue weighted by atomic mass is 31.2. The molecule has 12 heteroatoms. The molecule has 1 aromatic heterocycles. The molecule has 11 nitrogen and oxygen atoms in total. The molecule has 5 N–H and O–H groups in total. The van der Waals surface area contributed by atoms with Crippen LogP contribution in [0, 0.1) is 0 Å². The molecule has 0 saturated carbocycles. The third kappa shape index (κ3) is 3.36. The fourth-order valence-electron chi connectivity index (χ4n) is 2.10. The van der Waals surface area contributed by atoms with E-state index in [1.165, 1.54) is 7.05 Å². The van der Waals surface area contributed by atoms with Crippen molar-refractivity contribution in [1.29, 1.82) is 0 Å². The Morgan fingerprint density at radius 1 is 1.36 bits per heavy atom. The van der Waals surface area contributed by atoms with Crippen molar-refractivity contribution in [3.63, 3.8) is 0 Å². The van der Waals surface area contributed by atoms with E-state index in [-0.39, 0.29) is 5.56 Å². The van der Waals surface area contributed by atoms with Crippen LogP contribution >= 0.6 is 7.82 Å². The number of hydrogen-bond donors (Lipinski definition) is 5. The number of phosphoric ester groups is 1. The molecule has 2 heterocycles. The summed E-state index contributed by atoms with van der Waals surface area (Å²) in [5.74, 6) is 0. The molecule has 3 unspecified atom stereocenters. The summed E-state index contributed by atoms with van der Waals surface area (Å²) in [6, 6.07) is 0. The topological polar surface area (TPSA) is 171 Å². The van der Waals surface area contributed by atoms with Crippen LogP contribution in [0.5, 0.6) is 0 Å². The van der Waals surface area contributed by atoms with Crippen molar-refractivity contribution >= 4 is 7.82 Å². The van der Waals surface area contributed by atoms with Gasteiger partial charge >= 0.3 is 13.5 Å². The molecule has 124 valence electrons. The summed E-state index contributed by atoms with van der Waals surface area (Å²) < 4.78 is 20.9. The predicted molar refractivity (Wildman–Crippen MR) is 69.9 cm³/mol. The van der Waals surface area contributed by atoms with Crippen LogP contribution in [-0.2, 0) is 20.9 Å². The summed E-state index contributed by atoms with van der Waals surface area (Å²) in [6.45, 7) is -0.678. The fourth-order valence-corrected chi connectivity index (χ4v) is 2.44. The van der Waals surface area contributed by atoms with E-state index in [1.54, 1.807) is 0 Å². The molecule has 2 rings (SSSR count). The zero-order valence-electron chi connectivity index (χ0n) is 11.3. The first-order valence-corrected chi connectivity index (χ1v) is 7.65. The third-order valence-electron chi connectivity index (χ3n) is 3.28. The van der Waals surface area contributed by atoms with Gasteiger partial charge in [0.05, 0.1) is 12.2 Å². The van der Waals surface area contributed by atoms with Gasteiger partial charge in [0.1, 0.15) is 24.4 Å². The van der Waals surface area contributed by atoms with Gasteiger partial charge in [-0.2, -0.15) is 0 Å². The summed E-state index contributed by atoms with van der Waals surface area (Å²) >= 11 is 0. The van der Waals surface area contributed by atoms with Gasteiger partial charge < -0.3 is 29.7 Å². The van der Waals surface area contributed by atoms with Gasteiger partial charge in [0.2, 0.25) is 0 Å². The second kappa shape index (κ2) is 6.05. The number of phosphoric acid groups is 1. The lowest BCUT2D eigenvalue weighted by Crippen LogP contribution is -2.37. The molecule has 0 aliphatic carbocycles. The molecule has 1 aromatic rings. The average Bonchev–Trinajstić information content (AvgIpc) is 2.70. The smallest absolute Gasteiger partial charge is 0.387 e. The number of rotatable bonds is 4. The maximum absolute atomic E-state index is 12.0. The second-order valence-electron chi connectivity index (χ2n) is 4.78. The number of nitrogens with zero attached hydrogens (tertiary/aromatic N) is 1. The largest absolute Gasteiger partial charge is 0.469 e. The minimum atomic E-state index is -4.77. The van der Waals surface area contributed by atoms with Crippen LogP contribution in [0.4, 0.5) is 0 Å². The van der Waals surface area contributed by atoms with Crippen LogP contribution in [0.2, 0.25) is 0 Å². The number of aliphatic hydroxyl groups excluding tert-OH is 2. The van der Waals surface area contributed by atoms with Gasteiger partial charge in [-0.25, -0.2) is 9.36 Å². The Morgan fingerprint density at radius 2 is 2.00 bits per heavy atom. The van der Waals surface area contributed by atoms with Crippen molar-refractivity contribution in [3.8, 4) is 0 Å². The van der Waals surface area contributed by atoms with Gasteiger partial charge in [0.25, 0.3) is 5.56 Å². The van der Waals surface area contributed by atoms with Crippen LogP contribution in [0.1, 0.15) is 11.7 Å². The first kappa shape index (κ1) is 17.0. The van der Waals surface area contributed by atoms with Gasteiger partial charge in [0, 0.05) is 13.2 Å². The van der Waals surface area contributed by atoms with E-state index in [0.717, 1.165) is 10.8 Å². The van der Waals surface area contributed by atoms with E-state index in [1.807, 2.05) is 0 Å². The number of ether oxygens (including phenoxy) is 1. The molecule has 1 saturated heterocycles. The standard InChI is InChI=1S/C10H15N2O9P/c1-12-9(15)4(2-11-10(12)16)8-7(14)6(13)5(21-8)3-20-22(17,18)19/h2,5-8,13-14H,3H2,1H3,(H,11,16)(H2,17,18,19)/t5?,6-,7?,8?/m1/s1. The minimum absolute atomic E-state index is 0.104. The summed E-state index contributed by atoms with van der Waals surface area (Å²) in [4.78, 5) is 42.8. The Morgan fingerprint density at radius 3 is 2.59 bits per heavy atom. The van der Waals surface area contributed by atoms with Gasteiger partial charge in [0.15, 0.2) is 0 Å². The lowest BCUT2D eigenvalue weighted by atomic mass is 10.0. The van der Waals surface area contributed by atoms with E-state index in [2.05, 4.69) is 9.51 Å². The highest BCUT2D eigenvalue weighted by Gasteiger charge is 2.45. The number of aromatic amines is 1. The molecular formula is C10H15N2O9P. The van der Waals surface area contributed by atoms with Crippen molar-refractivity contribution in [2.75, 3.05) is 6.61 Å². The molecule has 4 atom stereocenters. The quantitative estimate of drug-likeness (QED) is 0.367. The van der Waals surface area contributed by atoms with Gasteiger partial charge in [-0.3, -0.25) is 13.9 Å². The normalized spacial score (nSPS) is 29.0. The lowest BCUT2D eigenvalue weighted by molar-refractivity contribution is -0.0229. The molecular weight excluding hydrogens is 323 g/mol. The lowest BCUT2D eigenvalue weighted by Gasteiger charge is -2.14. The van der Waals surface area contributed by atoms with Crippen LogP contribution in [0.15, 0.2) is 15.8 Å². The Bertz CT molecular complexity index is 707. The van der Waals surface area contributed by atoms with Crippen LogP contribution in [0.25, 0.3) is 0 Å². The van der Waals surface area contributed by atoms with Gasteiger partial charge in [-0.15, -0.1) is 0 Å². The summed E-state index contributed by atoms with van der Waals surface area (Å²) in [5, 5.41) is 19.7. The minimum Gasteiger partial charge on any atom is -0.387 e. The van der Waals surface area contributed by atoms with E-state index >= 15 is 0 Å².